The summed E-state index contributed by atoms with van der Waals surface area (Å²) >= 11 is 0. The first-order valence-electron chi connectivity index (χ1n) is 6.51. The van der Waals surface area contributed by atoms with Gasteiger partial charge in [0.15, 0.2) is 0 Å². The zero-order valence-corrected chi connectivity index (χ0v) is 11.1. The summed E-state index contributed by atoms with van der Waals surface area (Å²) in [6.07, 6.45) is 6.49. The molecule has 0 amide bonds. The van der Waals surface area contributed by atoms with E-state index in [1.54, 1.807) is 6.20 Å². The summed E-state index contributed by atoms with van der Waals surface area (Å²) in [7, 11) is 4.13. The maximum Gasteiger partial charge on any atom is 0.128 e. The Hall–Kier alpha value is -1.60. The number of hydrogen-bond acceptors (Lipinski definition) is 4. The molecule has 18 heavy (non-hydrogen) atoms. The topological polar surface area (TPSA) is 52.0 Å². The summed E-state index contributed by atoms with van der Waals surface area (Å²) in [6, 6.07) is 7.10. The molecule has 1 N–H and O–H groups in total. The minimum Gasteiger partial charge on any atom is -0.357 e. The predicted octanol–water partition coefficient (Wildman–Crippen LogP) is 1.92. The molecular weight excluding hydrogens is 224 g/mol. The average Bonchev–Trinajstić information content (AvgIpc) is 2.47. The van der Waals surface area contributed by atoms with Gasteiger partial charge in [-0.05, 0) is 44.9 Å². The van der Waals surface area contributed by atoms with Gasteiger partial charge in [0.1, 0.15) is 11.9 Å². The normalized spacial score (nSPS) is 23.4. The van der Waals surface area contributed by atoms with Gasteiger partial charge in [0.25, 0.3) is 0 Å². The van der Waals surface area contributed by atoms with Crippen LogP contribution in [-0.2, 0) is 0 Å². The maximum absolute atomic E-state index is 8.76. The van der Waals surface area contributed by atoms with E-state index in [1.165, 1.54) is 25.7 Å². The molecule has 1 aliphatic rings. The molecule has 96 valence electrons. The molecule has 0 unspecified atom stereocenters. The second kappa shape index (κ2) is 5.83. The van der Waals surface area contributed by atoms with E-state index in [-0.39, 0.29) is 0 Å². The number of anilines is 1. The Morgan fingerprint density at radius 2 is 2.06 bits per heavy atom. The first kappa shape index (κ1) is 12.8. The van der Waals surface area contributed by atoms with Crippen molar-refractivity contribution in [3.63, 3.8) is 0 Å². The summed E-state index contributed by atoms with van der Waals surface area (Å²) < 4.78 is 0. The summed E-state index contributed by atoms with van der Waals surface area (Å²) in [4.78, 5) is 6.59. The molecule has 0 aromatic carbocycles. The highest BCUT2D eigenvalue weighted by molar-refractivity contribution is 5.42. The Morgan fingerprint density at radius 3 is 2.56 bits per heavy atom. The molecule has 1 aromatic rings. The molecule has 4 nitrogen and oxygen atoms in total. The lowest BCUT2D eigenvalue weighted by molar-refractivity contribution is 0.350. The zero-order valence-electron chi connectivity index (χ0n) is 11.1. The summed E-state index contributed by atoms with van der Waals surface area (Å²) in [5, 5.41) is 12.1. The number of nitriles is 1. The molecule has 0 saturated heterocycles. The Balaban J connectivity index is 1.98. The van der Waals surface area contributed by atoms with Crippen molar-refractivity contribution < 1.29 is 0 Å². The van der Waals surface area contributed by atoms with Crippen molar-refractivity contribution in [3.8, 4) is 6.07 Å². The number of nitrogens with zero attached hydrogens (tertiary/aromatic N) is 3. The molecule has 0 bridgehead atoms. The molecule has 0 radical (unpaired) electrons. The second-order valence-corrected chi connectivity index (χ2v) is 4.92. The Morgan fingerprint density at radius 1 is 1.33 bits per heavy atom. The molecule has 1 aromatic heterocycles. The van der Waals surface area contributed by atoms with E-state index in [9.17, 15) is 0 Å². The van der Waals surface area contributed by atoms with Gasteiger partial charge in [-0.1, -0.05) is 0 Å². The Kier molecular flexibility index (Phi) is 4.16. The summed E-state index contributed by atoms with van der Waals surface area (Å²) in [5.74, 6) is 0.960. The predicted molar refractivity (Wildman–Crippen MR) is 72.5 cm³/mol. The van der Waals surface area contributed by atoms with E-state index in [0.717, 1.165) is 5.82 Å². The lowest BCUT2D eigenvalue weighted by Crippen LogP contribution is -2.40. The first-order valence-corrected chi connectivity index (χ1v) is 6.51. The van der Waals surface area contributed by atoms with Crippen molar-refractivity contribution >= 4 is 5.82 Å². The minimum atomic E-state index is 0.565. The average molecular weight is 244 g/mol. The van der Waals surface area contributed by atoms with Crippen molar-refractivity contribution in [2.24, 2.45) is 0 Å². The largest absolute Gasteiger partial charge is 0.357 e. The van der Waals surface area contributed by atoms with Gasteiger partial charge < -0.3 is 10.2 Å². The smallest absolute Gasteiger partial charge is 0.128 e. The maximum atomic E-state index is 8.76. The first-order chi connectivity index (χ1) is 8.74. The monoisotopic (exact) mass is 244 g/mol. The molecule has 1 heterocycles. The fourth-order valence-electron chi connectivity index (χ4n) is 2.60. The van der Waals surface area contributed by atoms with Gasteiger partial charge in [-0.2, -0.15) is 5.26 Å². The van der Waals surface area contributed by atoms with E-state index in [1.807, 2.05) is 19.2 Å². The SMILES string of the molecule is CNC1CCC(N(C)c2ccc(C#N)cn2)CC1. The molecule has 1 saturated carbocycles. The van der Waals surface area contributed by atoms with E-state index in [2.05, 4.69) is 28.3 Å². The second-order valence-electron chi connectivity index (χ2n) is 4.92. The highest BCUT2D eigenvalue weighted by Gasteiger charge is 2.23. The molecular formula is C14H20N4. The van der Waals surface area contributed by atoms with E-state index >= 15 is 0 Å². The minimum absolute atomic E-state index is 0.565. The van der Waals surface area contributed by atoms with Gasteiger partial charge in [0.05, 0.1) is 5.56 Å². The van der Waals surface area contributed by atoms with Crippen LogP contribution in [0.5, 0.6) is 0 Å². The van der Waals surface area contributed by atoms with Crippen LogP contribution < -0.4 is 10.2 Å². The van der Waals surface area contributed by atoms with Gasteiger partial charge >= 0.3 is 0 Å². The van der Waals surface area contributed by atoms with Gasteiger partial charge in [-0.15, -0.1) is 0 Å². The molecule has 4 heteroatoms. The quantitative estimate of drug-likeness (QED) is 0.882. The highest BCUT2D eigenvalue weighted by atomic mass is 15.2. The number of pyridine rings is 1. The number of hydrogen-bond donors (Lipinski definition) is 1. The number of nitrogens with one attached hydrogen (secondary N) is 1. The van der Waals surface area contributed by atoms with Crippen LogP contribution in [0.15, 0.2) is 18.3 Å². The lowest BCUT2D eigenvalue weighted by atomic mass is 9.90. The Labute approximate surface area is 109 Å². The van der Waals surface area contributed by atoms with Crippen LogP contribution in [0.25, 0.3) is 0 Å². The van der Waals surface area contributed by atoms with Crippen LogP contribution in [0.3, 0.4) is 0 Å². The summed E-state index contributed by atoms with van der Waals surface area (Å²) in [5.41, 5.74) is 0.617. The number of rotatable bonds is 3. The van der Waals surface area contributed by atoms with Crippen molar-refractivity contribution in [1.29, 1.82) is 5.26 Å². The molecule has 0 spiro atoms. The zero-order chi connectivity index (χ0) is 13.0. The third-order valence-corrected chi connectivity index (χ3v) is 3.89. The van der Waals surface area contributed by atoms with Crippen molar-refractivity contribution in [3.05, 3.63) is 23.9 Å². The summed E-state index contributed by atoms with van der Waals surface area (Å²) in [6.45, 7) is 0. The molecule has 1 fully saturated rings. The van der Waals surface area contributed by atoms with Gasteiger partial charge in [-0.3, -0.25) is 0 Å². The Bertz CT molecular complexity index is 412. The van der Waals surface area contributed by atoms with Crippen molar-refractivity contribution in [1.82, 2.24) is 10.3 Å². The van der Waals surface area contributed by atoms with Crippen LogP contribution in [0, 0.1) is 11.3 Å². The van der Waals surface area contributed by atoms with Gasteiger partial charge in [0.2, 0.25) is 0 Å². The van der Waals surface area contributed by atoms with E-state index < -0.39 is 0 Å². The van der Waals surface area contributed by atoms with E-state index in [4.69, 9.17) is 5.26 Å². The van der Waals surface area contributed by atoms with Crippen LogP contribution in [0.4, 0.5) is 5.82 Å². The van der Waals surface area contributed by atoms with Gasteiger partial charge in [0, 0.05) is 25.3 Å². The molecule has 0 aliphatic heterocycles. The van der Waals surface area contributed by atoms with Crippen molar-refractivity contribution in [2.75, 3.05) is 19.0 Å². The third kappa shape index (κ3) is 2.80. The molecule has 1 aliphatic carbocycles. The standard InChI is InChI=1S/C14H20N4/c1-16-12-4-6-13(7-5-12)18(2)14-8-3-11(9-15)10-17-14/h3,8,10,12-13,16H,4-7H2,1-2H3. The van der Waals surface area contributed by atoms with Crippen LogP contribution in [0.2, 0.25) is 0 Å². The molecule has 2 rings (SSSR count). The fraction of sp³-hybridized carbons (Fsp3) is 0.571. The van der Waals surface area contributed by atoms with Gasteiger partial charge in [-0.25, -0.2) is 4.98 Å². The molecule has 0 atom stereocenters. The van der Waals surface area contributed by atoms with Crippen LogP contribution in [0.1, 0.15) is 31.2 Å². The lowest BCUT2D eigenvalue weighted by Gasteiger charge is -2.35. The van der Waals surface area contributed by atoms with Crippen molar-refractivity contribution in [2.45, 2.75) is 37.8 Å². The number of aromatic nitrogens is 1. The fourth-order valence-corrected chi connectivity index (χ4v) is 2.60. The highest BCUT2D eigenvalue weighted by Crippen LogP contribution is 2.25. The van der Waals surface area contributed by atoms with Crippen LogP contribution >= 0.6 is 0 Å². The van der Waals surface area contributed by atoms with E-state index in [0.29, 0.717) is 17.6 Å². The third-order valence-electron chi connectivity index (χ3n) is 3.89. The van der Waals surface area contributed by atoms with Crippen LogP contribution in [-0.4, -0.2) is 31.2 Å².